The number of amides is 1. The van der Waals surface area contributed by atoms with E-state index in [1.165, 1.54) is 18.5 Å². The molecule has 0 spiro atoms. The number of likely N-dealkylation sites (tertiary alicyclic amines) is 1. The van der Waals surface area contributed by atoms with Crippen molar-refractivity contribution >= 4 is 11.9 Å². The topological polar surface area (TPSA) is 85.3 Å². The number of halogens is 4. The van der Waals surface area contributed by atoms with E-state index in [1.54, 1.807) is 20.8 Å². The second-order valence-electron chi connectivity index (χ2n) is 8.71. The Morgan fingerprint density at radius 3 is 2.48 bits per heavy atom. The molecule has 1 aliphatic rings. The van der Waals surface area contributed by atoms with Crippen LogP contribution in [-0.2, 0) is 22.1 Å². The minimum atomic E-state index is -4.54. The van der Waals surface area contributed by atoms with Crippen molar-refractivity contribution in [2.75, 3.05) is 6.54 Å². The van der Waals surface area contributed by atoms with Crippen molar-refractivity contribution in [1.82, 2.24) is 19.9 Å². The molecule has 0 aromatic carbocycles. The van der Waals surface area contributed by atoms with Crippen molar-refractivity contribution in [3.63, 3.8) is 0 Å². The number of carbonyl (C=O) groups excluding carboxylic acids is 2. The lowest BCUT2D eigenvalue weighted by atomic mass is 10.0. The average Bonchev–Trinajstić information content (AvgIpc) is 3.12. The monoisotopic (exact) mass is 468 g/mol. The van der Waals surface area contributed by atoms with Crippen LogP contribution in [0, 0.1) is 0 Å². The molecule has 11 heteroatoms. The fourth-order valence-electron chi connectivity index (χ4n) is 3.46. The zero-order valence-electron chi connectivity index (χ0n) is 18.4. The number of aryl methyl sites for hydroxylation is 1. The summed E-state index contributed by atoms with van der Waals surface area (Å²) in [5.41, 5.74) is -0.644. The lowest BCUT2D eigenvalue weighted by molar-refractivity contribution is -0.141. The number of alkyl halides is 4. The van der Waals surface area contributed by atoms with E-state index in [-0.39, 0.29) is 25.8 Å². The predicted molar refractivity (Wildman–Crippen MR) is 110 cm³/mol. The van der Waals surface area contributed by atoms with Crippen LogP contribution in [0.3, 0.4) is 0 Å². The van der Waals surface area contributed by atoms with Gasteiger partial charge in [0, 0.05) is 30.4 Å². The normalized spacial score (nSPS) is 18.9. The Balaban J connectivity index is 1.67. The van der Waals surface area contributed by atoms with E-state index in [1.807, 2.05) is 0 Å². The molecule has 0 unspecified atom stereocenters. The molecule has 2 aromatic heterocycles. The molecule has 1 amide bonds. The van der Waals surface area contributed by atoms with E-state index < -0.39 is 41.6 Å². The number of hydrogen-bond donors (Lipinski definition) is 0. The first-order chi connectivity index (χ1) is 15.3. The lowest BCUT2D eigenvalue weighted by Gasteiger charge is -2.28. The maximum Gasteiger partial charge on any atom is 0.433 e. The number of carbonyl (C=O) groups is 2. The Morgan fingerprint density at radius 2 is 1.88 bits per heavy atom. The van der Waals surface area contributed by atoms with Gasteiger partial charge in [-0.1, -0.05) is 0 Å². The SMILES string of the molecule is CC(C)(C)OC(=O)N1CC[C@H](F)[C@H]1C(=O)CCc1cc(-c2ccc(C(F)(F)F)nc2)ncn1. The summed E-state index contributed by atoms with van der Waals surface area (Å²) < 4.78 is 57.8. The van der Waals surface area contributed by atoms with Crippen LogP contribution in [0.4, 0.5) is 22.4 Å². The van der Waals surface area contributed by atoms with Gasteiger partial charge in [-0.25, -0.2) is 19.2 Å². The summed E-state index contributed by atoms with van der Waals surface area (Å²) in [7, 11) is 0. The summed E-state index contributed by atoms with van der Waals surface area (Å²) in [6.45, 7) is 5.14. The number of rotatable bonds is 5. The summed E-state index contributed by atoms with van der Waals surface area (Å²) in [6.07, 6.45) is -4.35. The smallest absolute Gasteiger partial charge is 0.433 e. The Kier molecular flexibility index (Phi) is 6.99. The number of ketones is 1. The zero-order chi connectivity index (χ0) is 24.4. The fourth-order valence-corrected chi connectivity index (χ4v) is 3.46. The minimum absolute atomic E-state index is 0.0498. The summed E-state index contributed by atoms with van der Waals surface area (Å²) in [6, 6.07) is 2.41. The highest BCUT2D eigenvalue weighted by molar-refractivity contribution is 5.88. The lowest BCUT2D eigenvalue weighted by Crippen LogP contribution is -2.46. The number of aromatic nitrogens is 3. The summed E-state index contributed by atoms with van der Waals surface area (Å²) in [4.78, 5) is 37.8. The van der Waals surface area contributed by atoms with Crippen LogP contribution >= 0.6 is 0 Å². The van der Waals surface area contributed by atoms with Crippen molar-refractivity contribution in [3.05, 3.63) is 42.1 Å². The molecule has 2 atom stereocenters. The number of hydrogen-bond acceptors (Lipinski definition) is 6. The maximum atomic E-state index is 14.4. The molecule has 0 N–H and O–H groups in total. The maximum absolute atomic E-state index is 14.4. The fraction of sp³-hybridized carbons (Fsp3) is 0.500. The Bertz CT molecular complexity index is 1010. The standard InChI is InChI=1S/C22H24F4N4O3/c1-21(2,3)33-20(32)30-9-8-15(23)19(30)17(31)6-5-14-10-16(29-12-28-14)13-4-7-18(27-11-13)22(24,25)26/h4,7,10-12,15,19H,5-6,8-9H2,1-3H3/t15-,19-/m0/s1. The van der Waals surface area contributed by atoms with Gasteiger partial charge in [-0.05, 0) is 51.8 Å². The third-order valence-electron chi connectivity index (χ3n) is 4.98. The van der Waals surface area contributed by atoms with Crippen molar-refractivity contribution in [1.29, 1.82) is 0 Å². The molecule has 0 bridgehead atoms. The highest BCUT2D eigenvalue weighted by Crippen LogP contribution is 2.29. The highest BCUT2D eigenvalue weighted by Gasteiger charge is 2.43. The molecule has 33 heavy (non-hydrogen) atoms. The first-order valence-corrected chi connectivity index (χ1v) is 10.4. The second kappa shape index (κ2) is 9.40. The van der Waals surface area contributed by atoms with Crippen molar-refractivity contribution in [3.8, 4) is 11.3 Å². The van der Waals surface area contributed by atoms with E-state index in [9.17, 15) is 27.2 Å². The molecule has 0 radical (unpaired) electrons. The number of ether oxygens (including phenoxy) is 1. The average molecular weight is 468 g/mol. The van der Waals surface area contributed by atoms with Gasteiger partial charge in [0.25, 0.3) is 0 Å². The van der Waals surface area contributed by atoms with E-state index in [0.29, 0.717) is 17.0 Å². The second-order valence-corrected chi connectivity index (χ2v) is 8.71. The van der Waals surface area contributed by atoms with E-state index >= 15 is 0 Å². The molecule has 1 fully saturated rings. The molecule has 1 saturated heterocycles. The van der Waals surface area contributed by atoms with Crippen molar-refractivity contribution in [2.24, 2.45) is 0 Å². The van der Waals surface area contributed by atoms with E-state index in [4.69, 9.17) is 4.74 Å². The summed E-state index contributed by atoms with van der Waals surface area (Å²) in [5.74, 6) is -0.456. The van der Waals surface area contributed by atoms with Gasteiger partial charge in [-0.2, -0.15) is 13.2 Å². The van der Waals surface area contributed by atoms with Crippen molar-refractivity contribution < 1.29 is 31.9 Å². The third kappa shape index (κ3) is 6.23. The van der Waals surface area contributed by atoms with Crippen LogP contribution < -0.4 is 0 Å². The molecular weight excluding hydrogens is 444 g/mol. The first-order valence-electron chi connectivity index (χ1n) is 10.4. The largest absolute Gasteiger partial charge is 0.444 e. The predicted octanol–water partition coefficient (Wildman–Crippen LogP) is 4.41. The van der Waals surface area contributed by atoms with Crippen LogP contribution in [0.5, 0.6) is 0 Å². The molecule has 0 saturated carbocycles. The quantitative estimate of drug-likeness (QED) is 0.605. The van der Waals surface area contributed by atoms with Crippen LogP contribution in [-0.4, -0.2) is 56.1 Å². The van der Waals surface area contributed by atoms with Gasteiger partial charge in [-0.15, -0.1) is 0 Å². The van der Waals surface area contributed by atoms with Crippen LogP contribution in [0.1, 0.15) is 45.0 Å². The first kappa shape index (κ1) is 24.5. The summed E-state index contributed by atoms with van der Waals surface area (Å²) in [5, 5.41) is 0. The highest BCUT2D eigenvalue weighted by atomic mass is 19.4. The summed E-state index contributed by atoms with van der Waals surface area (Å²) >= 11 is 0. The number of nitrogens with zero attached hydrogens (tertiary/aromatic N) is 4. The molecule has 7 nitrogen and oxygen atoms in total. The van der Waals surface area contributed by atoms with Gasteiger partial charge in [0.1, 0.15) is 29.8 Å². The van der Waals surface area contributed by atoms with Crippen LogP contribution in [0.15, 0.2) is 30.7 Å². The van der Waals surface area contributed by atoms with E-state index in [2.05, 4.69) is 15.0 Å². The Labute approximate surface area is 188 Å². The molecule has 3 heterocycles. The van der Waals surface area contributed by atoms with Crippen LogP contribution in [0.2, 0.25) is 0 Å². The van der Waals surface area contributed by atoms with Crippen LogP contribution in [0.25, 0.3) is 11.3 Å². The van der Waals surface area contributed by atoms with E-state index in [0.717, 1.165) is 17.2 Å². The van der Waals surface area contributed by atoms with Gasteiger partial charge in [0.05, 0.1) is 5.69 Å². The molecule has 178 valence electrons. The van der Waals surface area contributed by atoms with Gasteiger partial charge in [0.2, 0.25) is 0 Å². The number of pyridine rings is 1. The van der Waals surface area contributed by atoms with Crippen molar-refractivity contribution in [2.45, 2.75) is 64.0 Å². The molecule has 2 aromatic rings. The van der Waals surface area contributed by atoms with Gasteiger partial charge in [0.15, 0.2) is 5.78 Å². The molecule has 1 aliphatic heterocycles. The zero-order valence-corrected chi connectivity index (χ0v) is 18.4. The van der Waals surface area contributed by atoms with Gasteiger partial charge < -0.3 is 4.74 Å². The molecular formula is C22H24F4N4O3. The van der Waals surface area contributed by atoms with Gasteiger partial charge in [-0.3, -0.25) is 14.7 Å². The Hall–Kier alpha value is -3.11. The Morgan fingerprint density at radius 1 is 1.15 bits per heavy atom. The van der Waals surface area contributed by atoms with Gasteiger partial charge >= 0.3 is 12.3 Å². The number of Topliss-reactive ketones (excluding diaryl/α,β-unsaturated/α-hetero) is 1. The molecule has 0 aliphatic carbocycles. The molecule has 3 rings (SSSR count). The third-order valence-corrected chi connectivity index (χ3v) is 4.98. The minimum Gasteiger partial charge on any atom is -0.444 e.